The average Bonchev–Trinajstić information content (AvgIpc) is 3.55. The molecule has 7 rings (SSSR count). The van der Waals surface area contributed by atoms with E-state index in [-0.39, 0.29) is 41.1 Å². The number of aryl methyl sites for hydroxylation is 1. The van der Waals surface area contributed by atoms with Crippen molar-refractivity contribution in [2.24, 2.45) is 12.5 Å². The maximum atomic E-state index is 13.8. The van der Waals surface area contributed by atoms with Crippen molar-refractivity contribution in [3.05, 3.63) is 87.4 Å². The van der Waals surface area contributed by atoms with Gasteiger partial charge in [-0.05, 0) is 66.6 Å². The number of fused-ring (bicyclic) bond motifs is 3. The van der Waals surface area contributed by atoms with Crippen molar-refractivity contribution in [2.45, 2.75) is 52.8 Å². The third-order valence-corrected chi connectivity index (χ3v) is 9.47. The van der Waals surface area contributed by atoms with Gasteiger partial charge in [-0.2, -0.15) is 0 Å². The molecule has 3 aliphatic rings. The summed E-state index contributed by atoms with van der Waals surface area (Å²) in [5, 5.41) is 13.7. The number of hydrogen-bond acceptors (Lipinski definition) is 8. The minimum absolute atomic E-state index is 0.0230. The molecule has 1 fully saturated rings. The molecular formula is C35H39N7O5. The first-order valence-electron chi connectivity index (χ1n) is 16.0. The van der Waals surface area contributed by atoms with Gasteiger partial charge in [-0.25, -0.2) is 9.97 Å². The van der Waals surface area contributed by atoms with Crippen LogP contribution in [0, 0.1) is 5.41 Å². The molecule has 0 saturated carbocycles. The lowest BCUT2D eigenvalue weighted by Gasteiger charge is -2.33. The minimum atomic E-state index is -0.349. The molecular weight excluding hydrogens is 598 g/mol. The number of anilines is 3. The maximum absolute atomic E-state index is 13.8. The molecule has 47 heavy (non-hydrogen) atoms. The Morgan fingerprint density at radius 2 is 1.94 bits per heavy atom. The summed E-state index contributed by atoms with van der Waals surface area (Å²) in [6.45, 7) is 8.72. The van der Waals surface area contributed by atoms with Crippen LogP contribution < -0.4 is 15.8 Å². The van der Waals surface area contributed by atoms with E-state index in [0.29, 0.717) is 72.4 Å². The van der Waals surface area contributed by atoms with E-state index in [9.17, 15) is 19.5 Å². The van der Waals surface area contributed by atoms with Crippen molar-refractivity contribution < 1.29 is 19.4 Å². The first-order valence-corrected chi connectivity index (χ1v) is 16.0. The van der Waals surface area contributed by atoms with Crippen molar-refractivity contribution in [2.75, 3.05) is 36.5 Å². The maximum Gasteiger partial charge on any atom is 0.276 e. The Balaban J connectivity index is 1.16. The van der Waals surface area contributed by atoms with Crippen molar-refractivity contribution in [1.82, 2.24) is 24.0 Å². The molecule has 4 aromatic heterocycles. The fourth-order valence-electron chi connectivity index (χ4n) is 7.13. The zero-order chi connectivity index (χ0) is 33.0. The SMILES string of the molecule is C[C@H]1COCCN1C(=O)c1ccc(Nc2cc(-c3ccnc(N4CCn5c(cc6c5CC(C)(C)C6)C4=O)c3CO)cn(C)c2=O)nc1. The molecule has 1 saturated heterocycles. The summed E-state index contributed by atoms with van der Waals surface area (Å²) in [5.74, 6) is 0.557. The molecule has 12 heteroatoms. The van der Waals surface area contributed by atoms with Crippen molar-refractivity contribution in [3.63, 3.8) is 0 Å². The summed E-state index contributed by atoms with van der Waals surface area (Å²) in [4.78, 5) is 52.4. The Morgan fingerprint density at radius 1 is 1.11 bits per heavy atom. The Kier molecular flexibility index (Phi) is 7.72. The minimum Gasteiger partial charge on any atom is -0.392 e. The number of nitrogens with zero attached hydrogens (tertiary/aromatic N) is 6. The highest BCUT2D eigenvalue weighted by Crippen LogP contribution is 2.40. The third kappa shape index (κ3) is 5.51. The van der Waals surface area contributed by atoms with Gasteiger partial charge in [-0.3, -0.25) is 19.3 Å². The fraction of sp³-hybridized carbons (Fsp3) is 0.400. The Bertz CT molecular complexity index is 1940. The number of ether oxygens (including phenoxy) is 1. The molecule has 2 aliphatic heterocycles. The number of hydrogen-bond donors (Lipinski definition) is 2. The largest absolute Gasteiger partial charge is 0.392 e. The number of carbonyl (C=O) groups excluding carboxylic acids is 2. The lowest BCUT2D eigenvalue weighted by atomic mass is 9.90. The van der Waals surface area contributed by atoms with E-state index < -0.39 is 0 Å². The number of aromatic nitrogens is 4. The van der Waals surface area contributed by atoms with Crippen LogP contribution in [0.5, 0.6) is 0 Å². The van der Waals surface area contributed by atoms with Gasteiger partial charge in [0.15, 0.2) is 0 Å². The second-order valence-electron chi connectivity index (χ2n) is 13.5. The quantitative estimate of drug-likeness (QED) is 0.328. The molecule has 0 aromatic carbocycles. The summed E-state index contributed by atoms with van der Waals surface area (Å²) in [6, 6.07) is 8.83. The summed E-state index contributed by atoms with van der Waals surface area (Å²) >= 11 is 0. The number of amides is 2. The first kappa shape index (κ1) is 30.8. The van der Waals surface area contributed by atoms with Crippen molar-refractivity contribution in [1.29, 1.82) is 0 Å². The second-order valence-corrected chi connectivity index (χ2v) is 13.5. The zero-order valence-corrected chi connectivity index (χ0v) is 27.1. The molecule has 0 bridgehead atoms. The number of aliphatic hydroxyl groups excluding tert-OH is 1. The molecule has 1 aliphatic carbocycles. The van der Waals surface area contributed by atoms with Crippen LogP contribution >= 0.6 is 0 Å². The van der Waals surface area contributed by atoms with E-state index in [1.165, 1.54) is 22.0 Å². The topological polar surface area (TPSA) is 135 Å². The molecule has 0 radical (unpaired) electrons. The van der Waals surface area contributed by atoms with E-state index in [2.05, 4.69) is 33.7 Å². The Hall–Kier alpha value is -4.81. The van der Waals surface area contributed by atoms with E-state index in [4.69, 9.17) is 4.74 Å². The normalized spacial score (nSPS) is 18.7. The lowest BCUT2D eigenvalue weighted by molar-refractivity contribution is 0.00357. The summed E-state index contributed by atoms with van der Waals surface area (Å²) in [6.07, 6.45) is 6.71. The highest BCUT2D eigenvalue weighted by Gasteiger charge is 2.37. The third-order valence-electron chi connectivity index (χ3n) is 9.47. The number of pyridine rings is 3. The molecule has 4 aromatic rings. The standard InChI is InChI=1S/C35H39N7O5/c1-21-20-47-12-11-40(21)32(44)22-5-6-30(37-17-22)38-27-13-24(18-39(4)33(27)45)25-7-8-36-31(26(25)19-43)42-10-9-41-28(34(42)46)14-23-15-35(2,3)16-29(23)41/h5-8,13-14,17-18,21,43H,9-12,15-16,19-20H2,1-4H3,(H,37,38)/t21-/m0/s1. The van der Waals surface area contributed by atoms with Gasteiger partial charge in [-0.15, -0.1) is 0 Å². The van der Waals surface area contributed by atoms with Crippen LogP contribution in [0.1, 0.15) is 58.4 Å². The molecule has 244 valence electrons. The van der Waals surface area contributed by atoms with E-state index >= 15 is 0 Å². The molecule has 0 spiro atoms. The number of rotatable bonds is 6. The van der Waals surface area contributed by atoms with Gasteiger partial charge in [0.1, 0.15) is 23.0 Å². The van der Waals surface area contributed by atoms with E-state index in [0.717, 1.165) is 12.8 Å². The van der Waals surface area contributed by atoms with Crippen LogP contribution in [0.3, 0.4) is 0 Å². The first-order chi connectivity index (χ1) is 22.5. The number of aliphatic hydroxyl groups is 1. The lowest BCUT2D eigenvalue weighted by Crippen LogP contribution is -2.47. The fourth-order valence-corrected chi connectivity index (χ4v) is 7.13. The van der Waals surface area contributed by atoms with Crippen molar-refractivity contribution in [3.8, 4) is 11.1 Å². The van der Waals surface area contributed by atoms with Crippen LogP contribution in [0.2, 0.25) is 0 Å². The Morgan fingerprint density at radius 3 is 2.68 bits per heavy atom. The molecule has 2 N–H and O–H groups in total. The van der Waals surface area contributed by atoms with Gasteiger partial charge in [0.05, 0.1) is 31.4 Å². The number of morpholine rings is 1. The van der Waals surface area contributed by atoms with Crippen LogP contribution in [0.4, 0.5) is 17.3 Å². The van der Waals surface area contributed by atoms with Gasteiger partial charge in [0, 0.05) is 62.1 Å². The highest BCUT2D eigenvalue weighted by atomic mass is 16.5. The average molecular weight is 638 g/mol. The van der Waals surface area contributed by atoms with Gasteiger partial charge in [0.2, 0.25) is 0 Å². The molecule has 6 heterocycles. The van der Waals surface area contributed by atoms with Crippen LogP contribution in [0.25, 0.3) is 11.1 Å². The summed E-state index contributed by atoms with van der Waals surface area (Å²) in [7, 11) is 1.65. The molecule has 1 atom stereocenters. The predicted octanol–water partition coefficient (Wildman–Crippen LogP) is 3.53. The van der Waals surface area contributed by atoms with E-state index in [1.54, 1.807) is 53.5 Å². The van der Waals surface area contributed by atoms with Crippen LogP contribution in [0.15, 0.2) is 53.7 Å². The van der Waals surface area contributed by atoms with Gasteiger partial charge >= 0.3 is 0 Å². The highest BCUT2D eigenvalue weighted by molar-refractivity contribution is 6.06. The van der Waals surface area contributed by atoms with Crippen LogP contribution in [-0.4, -0.2) is 73.3 Å². The number of carbonyl (C=O) groups is 2. The summed E-state index contributed by atoms with van der Waals surface area (Å²) in [5.41, 5.74) is 5.58. The van der Waals surface area contributed by atoms with Gasteiger partial charge in [-0.1, -0.05) is 13.8 Å². The van der Waals surface area contributed by atoms with Gasteiger partial charge in [0.25, 0.3) is 17.4 Å². The van der Waals surface area contributed by atoms with Crippen molar-refractivity contribution >= 4 is 29.1 Å². The zero-order valence-electron chi connectivity index (χ0n) is 27.1. The van der Waals surface area contributed by atoms with Gasteiger partial charge < -0.3 is 29.2 Å². The molecule has 0 unspecified atom stereocenters. The smallest absolute Gasteiger partial charge is 0.276 e. The second kappa shape index (κ2) is 11.8. The van der Waals surface area contributed by atoms with E-state index in [1.807, 2.05) is 13.0 Å². The predicted molar refractivity (Wildman–Crippen MR) is 177 cm³/mol. The Labute approximate surface area is 272 Å². The number of nitrogens with one attached hydrogen (secondary N) is 1. The monoisotopic (exact) mass is 637 g/mol. The molecule has 12 nitrogen and oxygen atoms in total. The summed E-state index contributed by atoms with van der Waals surface area (Å²) < 4.78 is 9.05. The molecule has 2 amide bonds. The van der Waals surface area contributed by atoms with Crippen LogP contribution in [-0.2, 0) is 37.8 Å².